The molecule has 1 aliphatic rings. The largest absolute Gasteiger partial charge is 0.416 e. The fourth-order valence-corrected chi connectivity index (χ4v) is 3.35. The van der Waals surface area contributed by atoms with Crippen LogP contribution in [0, 0.1) is 5.82 Å². The van der Waals surface area contributed by atoms with Crippen LogP contribution < -0.4 is 5.32 Å². The summed E-state index contributed by atoms with van der Waals surface area (Å²) in [7, 11) is 0. The third-order valence-electron chi connectivity index (χ3n) is 4.48. The molecule has 0 aliphatic carbocycles. The Morgan fingerprint density at radius 3 is 2.46 bits per heavy atom. The summed E-state index contributed by atoms with van der Waals surface area (Å²) in [6.45, 7) is 0.683. The summed E-state index contributed by atoms with van der Waals surface area (Å²) in [6, 6.07) is 9.51. The van der Waals surface area contributed by atoms with E-state index in [4.69, 9.17) is 0 Å². The second kappa shape index (κ2) is 5.34. The zero-order valence-electron chi connectivity index (χ0n) is 12.5. The van der Waals surface area contributed by atoms with Crippen molar-refractivity contribution in [1.82, 2.24) is 10.3 Å². The monoisotopic (exact) mass is 334 g/mol. The average Bonchev–Trinajstić information content (AvgIpc) is 2.92. The molecule has 0 spiro atoms. The number of hydrogen-bond donors (Lipinski definition) is 2. The van der Waals surface area contributed by atoms with Crippen LogP contribution in [-0.2, 0) is 12.6 Å². The van der Waals surface area contributed by atoms with E-state index < -0.39 is 11.7 Å². The maximum absolute atomic E-state index is 13.5. The number of halogens is 4. The molecule has 0 bridgehead atoms. The van der Waals surface area contributed by atoms with Gasteiger partial charge in [-0.15, -0.1) is 0 Å². The first-order chi connectivity index (χ1) is 11.4. The number of nitrogens with one attached hydrogen (secondary N) is 2. The predicted octanol–water partition coefficient (Wildman–Crippen LogP) is 4.56. The Bertz CT molecular complexity index is 894. The molecule has 2 N–H and O–H groups in total. The van der Waals surface area contributed by atoms with E-state index in [1.54, 1.807) is 6.07 Å². The molecule has 0 fully saturated rings. The zero-order chi connectivity index (χ0) is 16.9. The topological polar surface area (TPSA) is 27.8 Å². The molecular formula is C18H14F4N2. The highest BCUT2D eigenvalue weighted by atomic mass is 19.4. The predicted molar refractivity (Wildman–Crippen MR) is 83.3 cm³/mol. The first-order valence-electron chi connectivity index (χ1n) is 7.64. The van der Waals surface area contributed by atoms with Crippen LogP contribution in [-0.4, -0.2) is 11.5 Å². The average molecular weight is 334 g/mol. The molecule has 1 atom stereocenters. The van der Waals surface area contributed by atoms with Crippen molar-refractivity contribution in [3.63, 3.8) is 0 Å². The van der Waals surface area contributed by atoms with E-state index in [0.717, 1.165) is 46.3 Å². The lowest BCUT2D eigenvalue weighted by Crippen LogP contribution is -2.30. The second-order valence-corrected chi connectivity index (χ2v) is 5.96. The molecule has 0 saturated carbocycles. The van der Waals surface area contributed by atoms with Crippen LogP contribution in [0.4, 0.5) is 17.6 Å². The number of benzene rings is 2. The number of hydrogen-bond acceptors (Lipinski definition) is 1. The van der Waals surface area contributed by atoms with Crippen molar-refractivity contribution in [3.8, 4) is 0 Å². The van der Waals surface area contributed by atoms with E-state index in [0.29, 0.717) is 6.54 Å². The van der Waals surface area contributed by atoms with E-state index in [-0.39, 0.29) is 11.9 Å². The normalized spacial score (nSPS) is 17.9. The number of alkyl halides is 3. The van der Waals surface area contributed by atoms with Crippen molar-refractivity contribution in [2.45, 2.75) is 18.6 Å². The Hall–Kier alpha value is -2.34. The first-order valence-corrected chi connectivity index (χ1v) is 7.64. The van der Waals surface area contributed by atoms with Gasteiger partial charge in [-0.1, -0.05) is 12.1 Å². The van der Waals surface area contributed by atoms with Crippen molar-refractivity contribution in [3.05, 3.63) is 70.7 Å². The van der Waals surface area contributed by atoms with Crippen LogP contribution in [0.2, 0.25) is 0 Å². The van der Waals surface area contributed by atoms with Crippen LogP contribution >= 0.6 is 0 Å². The fraction of sp³-hybridized carbons (Fsp3) is 0.222. The Labute approximate surface area is 135 Å². The summed E-state index contributed by atoms with van der Waals surface area (Å²) >= 11 is 0. The zero-order valence-corrected chi connectivity index (χ0v) is 12.5. The molecule has 0 radical (unpaired) electrons. The Kier molecular flexibility index (Phi) is 3.38. The van der Waals surface area contributed by atoms with E-state index in [9.17, 15) is 17.6 Å². The smallest absolute Gasteiger partial charge is 0.357 e. The highest BCUT2D eigenvalue weighted by Crippen LogP contribution is 2.35. The molecule has 0 amide bonds. The van der Waals surface area contributed by atoms with Gasteiger partial charge < -0.3 is 10.3 Å². The molecule has 3 aromatic rings. The highest BCUT2D eigenvalue weighted by molar-refractivity contribution is 5.85. The van der Waals surface area contributed by atoms with Crippen LogP contribution in [0.5, 0.6) is 0 Å². The quantitative estimate of drug-likeness (QED) is 0.627. The molecule has 2 aromatic carbocycles. The minimum Gasteiger partial charge on any atom is -0.357 e. The maximum atomic E-state index is 13.5. The summed E-state index contributed by atoms with van der Waals surface area (Å²) in [6.07, 6.45) is -3.60. The van der Waals surface area contributed by atoms with Crippen LogP contribution in [0.25, 0.3) is 10.9 Å². The lowest BCUT2D eigenvalue weighted by Gasteiger charge is -2.25. The minimum absolute atomic E-state index is 0.230. The Balaban J connectivity index is 1.78. The Morgan fingerprint density at radius 1 is 1.00 bits per heavy atom. The minimum atomic E-state index is -4.34. The van der Waals surface area contributed by atoms with Gasteiger partial charge in [0.15, 0.2) is 0 Å². The molecule has 2 nitrogen and oxygen atoms in total. The first kappa shape index (κ1) is 15.2. The number of aromatic amines is 1. The molecule has 4 rings (SSSR count). The second-order valence-electron chi connectivity index (χ2n) is 5.96. The van der Waals surface area contributed by atoms with Gasteiger partial charge in [-0.05, 0) is 47.9 Å². The number of aromatic nitrogens is 1. The molecule has 124 valence electrons. The molecular weight excluding hydrogens is 320 g/mol. The van der Waals surface area contributed by atoms with Gasteiger partial charge >= 0.3 is 6.18 Å². The summed E-state index contributed by atoms with van der Waals surface area (Å²) in [5.74, 6) is -0.297. The molecule has 24 heavy (non-hydrogen) atoms. The lowest BCUT2D eigenvalue weighted by atomic mass is 9.94. The van der Waals surface area contributed by atoms with E-state index in [2.05, 4.69) is 10.3 Å². The molecule has 1 aliphatic heterocycles. The number of rotatable bonds is 1. The van der Waals surface area contributed by atoms with Crippen LogP contribution in [0.15, 0.2) is 42.5 Å². The SMILES string of the molecule is Fc1ccc2[nH]c3c(c2c1)CCNC3c1ccc(C(F)(F)F)cc1. The van der Waals surface area contributed by atoms with Crippen LogP contribution in [0.1, 0.15) is 28.4 Å². The lowest BCUT2D eigenvalue weighted by molar-refractivity contribution is -0.137. The summed E-state index contributed by atoms with van der Waals surface area (Å²) < 4.78 is 51.7. The number of fused-ring (bicyclic) bond motifs is 3. The van der Waals surface area contributed by atoms with Gasteiger partial charge in [0, 0.05) is 23.1 Å². The fourth-order valence-electron chi connectivity index (χ4n) is 3.35. The van der Waals surface area contributed by atoms with Crippen molar-refractivity contribution in [2.75, 3.05) is 6.54 Å². The Morgan fingerprint density at radius 2 is 1.75 bits per heavy atom. The van der Waals surface area contributed by atoms with E-state index in [1.165, 1.54) is 24.3 Å². The summed E-state index contributed by atoms with van der Waals surface area (Å²) in [5, 5.41) is 4.16. The molecule has 1 aromatic heterocycles. The third-order valence-corrected chi connectivity index (χ3v) is 4.48. The van der Waals surface area contributed by atoms with Crippen molar-refractivity contribution < 1.29 is 17.6 Å². The summed E-state index contributed by atoms with van der Waals surface area (Å²) in [5.41, 5.74) is 2.83. The molecule has 6 heteroatoms. The van der Waals surface area contributed by atoms with Gasteiger partial charge in [0.1, 0.15) is 5.82 Å². The number of H-pyrrole nitrogens is 1. The molecule has 0 saturated heterocycles. The maximum Gasteiger partial charge on any atom is 0.416 e. The standard InChI is InChI=1S/C18H14F4N2/c19-12-5-6-15-14(9-12)13-7-8-23-16(17(13)24-15)10-1-3-11(4-2-10)18(20,21)22/h1-6,9,16,23-24H,7-8H2. The van der Waals surface area contributed by atoms with Gasteiger partial charge in [0.25, 0.3) is 0 Å². The third kappa shape index (κ3) is 2.47. The van der Waals surface area contributed by atoms with Crippen molar-refractivity contribution in [2.24, 2.45) is 0 Å². The van der Waals surface area contributed by atoms with E-state index >= 15 is 0 Å². The van der Waals surface area contributed by atoms with Crippen molar-refractivity contribution >= 4 is 10.9 Å². The van der Waals surface area contributed by atoms with Gasteiger partial charge in [0.2, 0.25) is 0 Å². The van der Waals surface area contributed by atoms with E-state index in [1.807, 2.05) is 0 Å². The van der Waals surface area contributed by atoms with Gasteiger partial charge in [0.05, 0.1) is 11.6 Å². The van der Waals surface area contributed by atoms with Crippen LogP contribution in [0.3, 0.4) is 0 Å². The van der Waals surface area contributed by atoms with Crippen molar-refractivity contribution in [1.29, 1.82) is 0 Å². The van der Waals surface area contributed by atoms with Gasteiger partial charge in [-0.2, -0.15) is 13.2 Å². The van der Waals surface area contributed by atoms with Gasteiger partial charge in [-0.3, -0.25) is 0 Å². The van der Waals surface area contributed by atoms with Gasteiger partial charge in [-0.25, -0.2) is 4.39 Å². The highest BCUT2D eigenvalue weighted by Gasteiger charge is 2.31. The summed E-state index contributed by atoms with van der Waals surface area (Å²) in [4.78, 5) is 3.29. The molecule has 2 heterocycles. The molecule has 1 unspecified atom stereocenters.